The lowest BCUT2D eigenvalue weighted by atomic mass is 10.1. The zero-order chi connectivity index (χ0) is 15.9. The highest BCUT2D eigenvalue weighted by molar-refractivity contribution is 5.91. The second kappa shape index (κ2) is 7.42. The first-order valence-electron chi connectivity index (χ1n) is 6.74. The van der Waals surface area contributed by atoms with Gasteiger partial charge in [-0.2, -0.15) is 0 Å². The molecule has 0 atom stereocenters. The smallest absolute Gasteiger partial charge is 0.333 e. The van der Waals surface area contributed by atoms with Crippen LogP contribution in [0.3, 0.4) is 0 Å². The normalized spacial score (nSPS) is 10.4. The largest absolute Gasteiger partial charge is 0.460 e. The summed E-state index contributed by atoms with van der Waals surface area (Å²) >= 11 is 0. The number of carbonyl (C=O) groups excluding carboxylic acids is 1. The fourth-order valence-electron chi connectivity index (χ4n) is 1.91. The Labute approximate surface area is 127 Å². The van der Waals surface area contributed by atoms with Crippen LogP contribution in [0, 0.1) is 4.91 Å². The van der Waals surface area contributed by atoms with Crippen molar-refractivity contribution in [2.24, 2.45) is 5.18 Å². The van der Waals surface area contributed by atoms with Crippen LogP contribution in [0.25, 0.3) is 10.9 Å². The highest BCUT2D eigenvalue weighted by Crippen LogP contribution is 2.27. The Hall–Kier alpha value is -2.60. The molecule has 1 aromatic heterocycles. The molecule has 0 saturated carbocycles. The predicted octanol–water partition coefficient (Wildman–Crippen LogP) is 3.27. The van der Waals surface area contributed by atoms with Crippen molar-refractivity contribution in [3.63, 3.8) is 0 Å². The number of fused-ring (bicyclic) bond motifs is 1. The van der Waals surface area contributed by atoms with Crippen molar-refractivity contribution in [3.8, 4) is 0 Å². The fraction of sp³-hybridized carbons (Fsp3) is 0.250. The van der Waals surface area contributed by atoms with Gasteiger partial charge in [0.05, 0.1) is 18.7 Å². The van der Waals surface area contributed by atoms with E-state index in [0.29, 0.717) is 23.4 Å². The van der Waals surface area contributed by atoms with Gasteiger partial charge in [0, 0.05) is 17.2 Å². The number of rotatable bonds is 7. The molecule has 6 nitrogen and oxygen atoms in total. The van der Waals surface area contributed by atoms with Crippen LogP contribution in [0.4, 0.5) is 5.69 Å². The standard InChI is InChI=1S/C16H16N2O4/c1-11(2)16(19)22-9-8-21-10-12-5-6-14(18-20)15-13(12)4-3-7-17-15/h3-7H,1,8-10H2,2H3. The number of ether oxygens (including phenoxy) is 2. The highest BCUT2D eigenvalue weighted by atomic mass is 16.6. The maximum atomic E-state index is 11.2. The van der Waals surface area contributed by atoms with Crippen LogP contribution in [0.1, 0.15) is 12.5 Å². The van der Waals surface area contributed by atoms with Crippen molar-refractivity contribution in [1.82, 2.24) is 4.98 Å². The molecule has 0 aliphatic heterocycles. The van der Waals surface area contributed by atoms with Crippen molar-refractivity contribution >= 4 is 22.6 Å². The summed E-state index contributed by atoms with van der Waals surface area (Å²) in [7, 11) is 0. The molecule has 0 spiro atoms. The molecule has 2 aromatic rings. The maximum Gasteiger partial charge on any atom is 0.333 e. The van der Waals surface area contributed by atoms with Crippen LogP contribution in [-0.4, -0.2) is 24.2 Å². The van der Waals surface area contributed by atoms with E-state index in [9.17, 15) is 9.70 Å². The quantitative estimate of drug-likeness (QED) is 0.339. The SMILES string of the molecule is C=C(C)C(=O)OCCOCc1ccc(N=O)c2ncccc12. The van der Waals surface area contributed by atoms with Crippen molar-refractivity contribution in [3.05, 3.63) is 53.1 Å². The lowest BCUT2D eigenvalue weighted by Gasteiger charge is -2.09. The number of esters is 1. The number of hydrogen-bond donors (Lipinski definition) is 0. The Kier molecular flexibility index (Phi) is 5.32. The van der Waals surface area contributed by atoms with Gasteiger partial charge in [-0.1, -0.05) is 18.7 Å². The van der Waals surface area contributed by atoms with Gasteiger partial charge < -0.3 is 9.47 Å². The Morgan fingerprint density at radius 2 is 2.14 bits per heavy atom. The molecule has 0 saturated heterocycles. The molecule has 22 heavy (non-hydrogen) atoms. The second-order valence-electron chi connectivity index (χ2n) is 4.70. The Morgan fingerprint density at radius 3 is 2.86 bits per heavy atom. The van der Waals surface area contributed by atoms with Crippen LogP contribution >= 0.6 is 0 Å². The number of aromatic nitrogens is 1. The molecule has 0 N–H and O–H groups in total. The average molecular weight is 300 g/mol. The summed E-state index contributed by atoms with van der Waals surface area (Å²) in [5, 5.41) is 3.78. The van der Waals surface area contributed by atoms with Crippen LogP contribution in [-0.2, 0) is 20.9 Å². The number of pyridine rings is 1. The van der Waals surface area contributed by atoms with Gasteiger partial charge in [0.15, 0.2) is 0 Å². The molecule has 1 aromatic carbocycles. The van der Waals surface area contributed by atoms with Gasteiger partial charge in [-0.05, 0) is 29.8 Å². The van der Waals surface area contributed by atoms with E-state index in [1.165, 1.54) is 0 Å². The number of nitroso groups, excluding NO2 is 1. The van der Waals surface area contributed by atoms with Crippen LogP contribution in [0.2, 0.25) is 0 Å². The van der Waals surface area contributed by atoms with Gasteiger partial charge >= 0.3 is 5.97 Å². The average Bonchev–Trinajstić information content (AvgIpc) is 2.54. The first-order chi connectivity index (χ1) is 10.6. The fourth-order valence-corrected chi connectivity index (χ4v) is 1.91. The second-order valence-corrected chi connectivity index (χ2v) is 4.70. The minimum absolute atomic E-state index is 0.163. The van der Waals surface area contributed by atoms with E-state index in [4.69, 9.17) is 9.47 Å². The molecule has 2 rings (SSSR count). The summed E-state index contributed by atoms with van der Waals surface area (Å²) in [5.74, 6) is -0.431. The van der Waals surface area contributed by atoms with Gasteiger partial charge in [0.1, 0.15) is 12.3 Å². The highest BCUT2D eigenvalue weighted by Gasteiger charge is 2.08. The molecule has 0 radical (unpaired) electrons. The number of hydrogen-bond acceptors (Lipinski definition) is 6. The van der Waals surface area contributed by atoms with E-state index in [0.717, 1.165) is 10.9 Å². The third kappa shape index (κ3) is 3.73. The first kappa shape index (κ1) is 15.8. The minimum atomic E-state index is -0.431. The van der Waals surface area contributed by atoms with Crippen LogP contribution < -0.4 is 0 Å². The van der Waals surface area contributed by atoms with Gasteiger partial charge in [-0.25, -0.2) is 4.79 Å². The van der Waals surface area contributed by atoms with E-state index in [-0.39, 0.29) is 13.2 Å². The van der Waals surface area contributed by atoms with E-state index in [2.05, 4.69) is 16.7 Å². The number of carbonyl (C=O) groups is 1. The lowest BCUT2D eigenvalue weighted by molar-refractivity contribution is -0.140. The third-order valence-electron chi connectivity index (χ3n) is 3.00. The molecule has 0 aliphatic carbocycles. The topological polar surface area (TPSA) is 77.9 Å². The lowest BCUT2D eigenvalue weighted by Crippen LogP contribution is -2.10. The summed E-state index contributed by atoms with van der Waals surface area (Å²) in [5.41, 5.74) is 2.10. The van der Waals surface area contributed by atoms with Crippen molar-refractivity contribution in [2.75, 3.05) is 13.2 Å². The van der Waals surface area contributed by atoms with Crippen molar-refractivity contribution in [1.29, 1.82) is 0 Å². The summed E-state index contributed by atoms with van der Waals surface area (Å²) in [6.07, 6.45) is 1.61. The maximum absolute atomic E-state index is 11.2. The molecule has 6 heteroatoms. The first-order valence-corrected chi connectivity index (χ1v) is 6.74. The van der Waals surface area contributed by atoms with E-state index in [1.54, 1.807) is 31.3 Å². The van der Waals surface area contributed by atoms with Gasteiger partial charge in [0.2, 0.25) is 0 Å². The molecule has 0 unspecified atom stereocenters. The van der Waals surface area contributed by atoms with Crippen LogP contribution in [0.5, 0.6) is 0 Å². The zero-order valence-electron chi connectivity index (χ0n) is 12.2. The number of benzene rings is 1. The molecule has 0 fully saturated rings. The molecular weight excluding hydrogens is 284 g/mol. The molecule has 0 aliphatic rings. The summed E-state index contributed by atoms with van der Waals surface area (Å²) in [6.45, 7) is 5.84. The summed E-state index contributed by atoms with van der Waals surface area (Å²) in [4.78, 5) is 26.1. The molecule has 1 heterocycles. The van der Waals surface area contributed by atoms with Gasteiger partial charge in [-0.3, -0.25) is 4.98 Å². The van der Waals surface area contributed by atoms with Crippen molar-refractivity contribution < 1.29 is 14.3 Å². The Bertz CT molecular complexity index is 712. The van der Waals surface area contributed by atoms with Crippen molar-refractivity contribution in [2.45, 2.75) is 13.5 Å². The molecular formula is C16H16N2O4. The minimum Gasteiger partial charge on any atom is -0.460 e. The monoisotopic (exact) mass is 300 g/mol. The predicted molar refractivity (Wildman–Crippen MR) is 82.6 cm³/mol. The van der Waals surface area contributed by atoms with E-state index >= 15 is 0 Å². The summed E-state index contributed by atoms with van der Waals surface area (Å²) in [6, 6.07) is 7.04. The van der Waals surface area contributed by atoms with E-state index < -0.39 is 5.97 Å². The van der Waals surface area contributed by atoms with E-state index in [1.807, 2.05) is 6.07 Å². The number of nitrogens with zero attached hydrogens (tertiary/aromatic N) is 2. The molecule has 0 bridgehead atoms. The van der Waals surface area contributed by atoms with Gasteiger partial charge in [-0.15, -0.1) is 4.91 Å². The zero-order valence-corrected chi connectivity index (χ0v) is 12.2. The molecule has 0 amide bonds. The Morgan fingerprint density at radius 1 is 1.32 bits per heavy atom. The molecule has 114 valence electrons. The Balaban J connectivity index is 1.97. The summed E-state index contributed by atoms with van der Waals surface area (Å²) < 4.78 is 10.4. The third-order valence-corrected chi connectivity index (χ3v) is 3.00. The van der Waals surface area contributed by atoms with Gasteiger partial charge in [0.25, 0.3) is 0 Å². The van der Waals surface area contributed by atoms with Crippen LogP contribution in [0.15, 0.2) is 47.8 Å².